The number of nitrogens with zero attached hydrogens (tertiary/aromatic N) is 1. The van der Waals surface area contributed by atoms with E-state index in [1.807, 2.05) is 18.2 Å². The molecule has 0 aromatic carbocycles. The molecule has 0 spiro atoms. The molecule has 0 unspecified atom stereocenters. The Kier molecular flexibility index (Phi) is 1.64. The van der Waals surface area contributed by atoms with Gasteiger partial charge in [-0.3, -0.25) is 0 Å². The van der Waals surface area contributed by atoms with Crippen molar-refractivity contribution < 1.29 is 0 Å². The van der Waals surface area contributed by atoms with Crippen LogP contribution in [0.4, 0.5) is 0 Å². The van der Waals surface area contributed by atoms with Gasteiger partial charge in [-0.05, 0) is 47.6 Å². The van der Waals surface area contributed by atoms with Gasteiger partial charge in [0, 0.05) is 0 Å². The van der Waals surface area contributed by atoms with Gasteiger partial charge in [-0.1, -0.05) is 6.07 Å². The second-order valence-corrected chi connectivity index (χ2v) is 4.11. The van der Waals surface area contributed by atoms with Crippen LogP contribution >= 0.6 is 22.6 Å². The van der Waals surface area contributed by atoms with E-state index in [-0.39, 0.29) is 5.54 Å². The summed E-state index contributed by atoms with van der Waals surface area (Å²) in [6.45, 7) is 0. The molecule has 1 aromatic rings. The maximum Gasteiger partial charge on any atom is 0.101 e. The normalized spacial score (nSPS) is 19.8. The van der Waals surface area contributed by atoms with Crippen LogP contribution in [-0.4, -0.2) is 4.98 Å². The average Bonchev–Trinajstić information content (AvgIpc) is 2.70. The van der Waals surface area contributed by atoms with E-state index in [1.54, 1.807) is 0 Å². The first kappa shape index (κ1) is 7.49. The minimum absolute atomic E-state index is 0.0822. The van der Waals surface area contributed by atoms with Crippen LogP contribution < -0.4 is 5.73 Å². The lowest BCUT2D eigenvalue weighted by Crippen LogP contribution is -2.20. The number of aromatic nitrogens is 1. The molecule has 0 saturated heterocycles. The zero-order valence-electron chi connectivity index (χ0n) is 6.05. The zero-order valence-corrected chi connectivity index (χ0v) is 8.21. The van der Waals surface area contributed by atoms with E-state index in [9.17, 15) is 0 Å². The third-order valence-corrected chi connectivity index (χ3v) is 2.61. The minimum Gasteiger partial charge on any atom is -0.320 e. The standard InChI is InChI=1S/C8H9IN2/c9-7-3-1-2-6(11-7)8(10)4-5-8/h1-3H,4-5,10H2. The molecule has 2 rings (SSSR count). The minimum atomic E-state index is -0.0822. The molecule has 1 aliphatic rings. The van der Waals surface area contributed by atoms with Gasteiger partial charge in [-0.25, -0.2) is 4.98 Å². The Morgan fingerprint density at radius 1 is 1.45 bits per heavy atom. The summed E-state index contributed by atoms with van der Waals surface area (Å²) in [5.74, 6) is 0. The van der Waals surface area contributed by atoms with Crippen LogP contribution in [0.15, 0.2) is 18.2 Å². The van der Waals surface area contributed by atoms with E-state index in [4.69, 9.17) is 5.73 Å². The van der Waals surface area contributed by atoms with Crippen LogP contribution in [0.5, 0.6) is 0 Å². The molecule has 1 aromatic heterocycles. The number of pyridine rings is 1. The second kappa shape index (κ2) is 2.42. The Balaban J connectivity index is 2.38. The van der Waals surface area contributed by atoms with Crippen LogP contribution in [0.1, 0.15) is 18.5 Å². The van der Waals surface area contributed by atoms with E-state index in [0.29, 0.717) is 0 Å². The molecular formula is C8H9IN2. The number of halogens is 1. The van der Waals surface area contributed by atoms with E-state index in [2.05, 4.69) is 27.6 Å². The van der Waals surface area contributed by atoms with Gasteiger partial charge in [0.25, 0.3) is 0 Å². The predicted octanol–water partition coefficient (Wildman–Crippen LogP) is 1.63. The van der Waals surface area contributed by atoms with Crippen LogP contribution in [-0.2, 0) is 5.54 Å². The summed E-state index contributed by atoms with van der Waals surface area (Å²) in [5, 5.41) is 0. The summed E-state index contributed by atoms with van der Waals surface area (Å²) in [5.41, 5.74) is 6.93. The van der Waals surface area contributed by atoms with E-state index in [0.717, 1.165) is 22.2 Å². The molecular weight excluding hydrogens is 251 g/mol. The molecule has 2 nitrogen and oxygen atoms in total. The summed E-state index contributed by atoms with van der Waals surface area (Å²) in [6.07, 6.45) is 2.17. The fourth-order valence-corrected chi connectivity index (χ4v) is 1.54. The molecule has 1 fully saturated rings. The summed E-state index contributed by atoms with van der Waals surface area (Å²) < 4.78 is 1.02. The topological polar surface area (TPSA) is 38.9 Å². The number of rotatable bonds is 1. The Labute approximate surface area is 79.3 Å². The molecule has 1 saturated carbocycles. The summed E-state index contributed by atoms with van der Waals surface area (Å²) in [7, 11) is 0. The van der Waals surface area contributed by atoms with Gasteiger partial charge in [-0.15, -0.1) is 0 Å². The van der Waals surface area contributed by atoms with Crippen molar-refractivity contribution >= 4 is 22.6 Å². The third kappa shape index (κ3) is 1.39. The first-order valence-corrected chi connectivity index (χ1v) is 4.70. The molecule has 2 N–H and O–H groups in total. The maximum atomic E-state index is 5.97. The third-order valence-electron chi connectivity index (χ3n) is 2.01. The predicted molar refractivity (Wildman–Crippen MR) is 52.1 cm³/mol. The molecule has 3 heteroatoms. The number of hydrogen-bond donors (Lipinski definition) is 1. The van der Waals surface area contributed by atoms with Crippen molar-refractivity contribution in [3.05, 3.63) is 27.6 Å². The van der Waals surface area contributed by atoms with Crippen molar-refractivity contribution in [2.75, 3.05) is 0 Å². The largest absolute Gasteiger partial charge is 0.320 e. The lowest BCUT2D eigenvalue weighted by atomic mass is 10.2. The van der Waals surface area contributed by atoms with Crippen LogP contribution in [0.25, 0.3) is 0 Å². The molecule has 58 valence electrons. The molecule has 0 aliphatic heterocycles. The highest BCUT2D eigenvalue weighted by molar-refractivity contribution is 14.1. The summed E-state index contributed by atoms with van der Waals surface area (Å²) in [4.78, 5) is 4.37. The van der Waals surface area contributed by atoms with Gasteiger partial charge in [0.05, 0.1) is 11.2 Å². The Morgan fingerprint density at radius 2 is 2.18 bits per heavy atom. The highest BCUT2D eigenvalue weighted by atomic mass is 127. The van der Waals surface area contributed by atoms with Crippen LogP contribution in [0.2, 0.25) is 0 Å². The van der Waals surface area contributed by atoms with Crippen molar-refractivity contribution in [1.29, 1.82) is 0 Å². The quantitative estimate of drug-likeness (QED) is 0.615. The summed E-state index contributed by atoms with van der Waals surface area (Å²) in [6, 6.07) is 6.00. The van der Waals surface area contributed by atoms with Crippen molar-refractivity contribution in [2.24, 2.45) is 5.73 Å². The first-order chi connectivity index (χ1) is 5.21. The lowest BCUT2D eigenvalue weighted by Gasteiger charge is -2.06. The van der Waals surface area contributed by atoms with E-state index < -0.39 is 0 Å². The molecule has 1 aliphatic carbocycles. The Hall–Kier alpha value is -0.160. The van der Waals surface area contributed by atoms with E-state index >= 15 is 0 Å². The van der Waals surface area contributed by atoms with Gasteiger partial charge >= 0.3 is 0 Å². The molecule has 1 heterocycles. The van der Waals surface area contributed by atoms with Crippen molar-refractivity contribution in [2.45, 2.75) is 18.4 Å². The fraction of sp³-hybridized carbons (Fsp3) is 0.375. The van der Waals surface area contributed by atoms with Gasteiger partial charge in [0.1, 0.15) is 3.70 Å². The highest BCUT2D eigenvalue weighted by Crippen LogP contribution is 2.41. The molecule has 0 radical (unpaired) electrons. The number of nitrogens with two attached hydrogens (primary N) is 1. The van der Waals surface area contributed by atoms with Crippen molar-refractivity contribution in [3.8, 4) is 0 Å². The average molecular weight is 260 g/mol. The SMILES string of the molecule is NC1(c2cccc(I)n2)CC1. The molecule has 0 bridgehead atoms. The molecule has 0 amide bonds. The van der Waals surface area contributed by atoms with Crippen molar-refractivity contribution in [3.63, 3.8) is 0 Å². The van der Waals surface area contributed by atoms with Crippen molar-refractivity contribution in [1.82, 2.24) is 4.98 Å². The Morgan fingerprint density at radius 3 is 2.73 bits per heavy atom. The van der Waals surface area contributed by atoms with Gasteiger partial charge in [0.2, 0.25) is 0 Å². The lowest BCUT2D eigenvalue weighted by molar-refractivity contribution is 0.705. The Bertz CT molecular complexity index is 281. The first-order valence-electron chi connectivity index (χ1n) is 3.63. The maximum absolute atomic E-state index is 5.97. The molecule has 0 atom stereocenters. The zero-order chi connectivity index (χ0) is 7.90. The monoisotopic (exact) mass is 260 g/mol. The summed E-state index contributed by atoms with van der Waals surface area (Å²) >= 11 is 2.21. The van der Waals surface area contributed by atoms with Gasteiger partial charge in [-0.2, -0.15) is 0 Å². The van der Waals surface area contributed by atoms with Gasteiger partial charge < -0.3 is 5.73 Å². The van der Waals surface area contributed by atoms with Crippen LogP contribution in [0, 0.1) is 3.70 Å². The van der Waals surface area contributed by atoms with E-state index in [1.165, 1.54) is 0 Å². The van der Waals surface area contributed by atoms with Gasteiger partial charge in [0.15, 0.2) is 0 Å². The molecule has 11 heavy (non-hydrogen) atoms. The fourth-order valence-electron chi connectivity index (χ4n) is 1.08. The number of hydrogen-bond acceptors (Lipinski definition) is 2. The highest BCUT2D eigenvalue weighted by Gasteiger charge is 2.41. The smallest absolute Gasteiger partial charge is 0.101 e. The second-order valence-electron chi connectivity index (χ2n) is 3.00. The van der Waals surface area contributed by atoms with Crippen LogP contribution in [0.3, 0.4) is 0 Å².